The second-order valence-corrected chi connectivity index (χ2v) is 2.73. The maximum atomic E-state index is 3.94. The molecule has 0 radical (unpaired) electrons. The van der Waals surface area contributed by atoms with Crippen molar-refractivity contribution in [1.82, 2.24) is 10.2 Å². The van der Waals surface area contributed by atoms with Crippen LogP contribution in [0.4, 0.5) is 0 Å². The Hall–Kier alpha value is -1.09. The summed E-state index contributed by atoms with van der Waals surface area (Å²) in [6.45, 7) is 11.4. The molecule has 0 aliphatic carbocycles. The van der Waals surface area contributed by atoms with Gasteiger partial charge in [-0.1, -0.05) is 6.58 Å². The van der Waals surface area contributed by atoms with Gasteiger partial charge in [-0.3, -0.25) is 4.99 Å². The van der Waals surface area contributed by atoms with Crippen LogP contribution >= 0.6 is 0 Å². The van der Waals surface area contributed by atoms with E-state index in [-0.39, 0.29) is 0 Å². The van der Waals surface area contributed by atoms with Gasteiger partial charge in [-0.15, -0.1) is 0 Å². The molecule has 1 aliphatic rings. The average molecular weight is 165 g/mol. The van der Waals surface area contributed by atoms with Crippen LogP contribution in [0.15, 0.2) is 29.5 Å². The van der Waals surface area contributed by atoms with Gasteiger partial charge >= 0.3 is 0 Å². The van der Waals surface area contributed by atoms with Crippen molar-refractivity contribution in [2.45, 2.75) is 0 Å². The van der Waals surface area contributed by atoms with Gasteiger partial charge in [0, 0.05) is 38.1 Å². The molecule has 0 atom stereocenters. The molecule has 3 heteroatoms. The summed E-state index contributed by atoms with van der Waals surface area (Å²) in [5, 5.41) is 3.28. The van der Waals surface area contributed by atoms with E-state index in [1.54, 1.807) is 6.20 Å². The first-order chi connectivity index (χ1) is 5.84. The summed E-state index contributed by atoms with van der Waals surface area (Å²) in [4.78, 5) is 5.87. The Bertz CT molecular complexity index is 190. The lowest BCUT2D eigenvalue weighted by atomic mass is 10.3. The van der Waals surface area contributed by atoms with E-state index in [0.717, 1.165) is 31.9 Å². The zero-order chi connectivity index (χ0) is 8.81. The minimum Gasteiger partial charge on any atom is -0.369 e. The van der Waals surface area contributed by atoms with E-state index in [1.165, 1.54) is 0 Å². The van der Waals surface area contributed by atoms with E-state index in [4.69, 9.17) is 0 Å². The van der Waals surface area contributed by atoms with Crippen molar-refractivity contribution in [2.75, 3.05) is 26.2 Å². The van der Waals surface area contributed by atoms with Crippen molar-refractivity contribution in [3.63, 3.8) is 0 Å². The van der Waals surface area contributed by atoms with E-state index in [1.807, 2.05) is 6.08 Å². The Labute approximate surface area is 73.5 Å². The van der Waals surface area contributed by atoms with Gasteiger partial charge in [0.25, 0.3) is 0 Å². The number of piperazine rings is 1. The molecule has 0 saturated carbocycles. The van der Waals surface area contributed by atoms with Crippen LogP contribution in [0.1, 0.15) is 0 Å². The highest BCUT2D eigenvalue weighted by atomic mass is 15.2. The minimum absolute atomic E-state index is 1.02. The molecule has 1 N–H and O–H groups in total. The fourth-order valence-corrected chi connectivity index (χ4v) is 1.20. The zero-order valence-electron chi connectivity index (χ0n) is 7.29. The van der Waals surface area contributed by atoms with Crippen molar-refractivity contribution < 1.29 is 0 Å². The molecule has 1 saturated heterocycles. The molecule has 1 fully saturated rings. The van der Waals surface area contributed by atoms with Gasteiger partial charge in [0.05, 0.1) is 0 Å². The van der Waals surface area contributed by atoms with E-state index in [0.29, 0.717) is 0 Å². The number of hydrogen-bond donors (Lipinski definition) is 1. The third-order valence-corrected chi connectivity index (χ3v) is 1.90. The highest BCUT2D eigenvalue weighted by Crippen LogP contribution is 2.04. The van der Waals surface area contributed by atoms with E-state index >= 15 is 0 Å². The molecule has 12 heavy (non-hydrogen) atoms. The summed E-state index contributed by atoms with van der Waals surface area (Å²) in [5.41, 5.74) is 1.02. The Balaban J connectivity index is 2.39. The van der Waals surface area contributed by atoms with Crippen molar-refractivity contribution in [1.29, 1.82) is 0 Å². The Morgan fingerprint density at radius 1 is 1.42 bits per heavy atom. The standard InChI is InChI=1S/C9H15N3/c1-9(3-4-10-2)12-7-5-11-6-8-12/h3-4,11H,1-2,5-8H2/b4-3-. The Kier molecular flexibility index (Phi) is 3.54. The van der Waals surface area contributed by atoms with Gasteiger partial charge < -0.3 is 10.2 Å². The molecule has 3 nitrogen and oxygen atoms in total. The molecule has 0 aromatic rings. The van der Waals surface area contributed by atoms with Crippen LogP contribution in [0.3, 0.4) is 0 Å². The summed E-state index contributed by atoms with van der Waals surface area (Å²) in [6.07, 6.45) is 3.56. The van der Waals surface area contributed by atoms with Crippen LogP contribution in [0.25, 0.3) is 0 Å². The van der Waals surface area contributed by atoms with Crippen molar-refractivity contribution in [2.24, 2.45) is 4.99 Å². The summed E-state index contributed by atoms with van der Waals surface area (Å²) < 4.78 is 0. The molecule has 0 bridgehead atoms. The van der Waals surface area contributed by atoms with Gasteiger partial charge in [0.2, 0.25) is 0 Å². The largest absolute Gasteiger partial charge is 0.369 e. The topological polar surface area (TPSA) is 27.6 Å². The molecule has 1 rings (SSSR count). The number of nitrogens with zero attached hydrogens (tertiary/aromatic N) is 2. The highest BCUT2D eigenvalue weighted by molar-refractivity contribution is 5.27. The minimum atomic E-state index is 1.02. The number of allylic oxidation sites excluding steroid dienone is 1. The summed E-state index contributed by atoms with van der Waals surface area (Å²) in [5.74, 6) is 0. The van der Waals surface area contributed by atoms with Crippen LogP contribution in [0, 0.1) is 0 Å². The summed E-state index contributed by atoms with van der Waals surface area (Å²) in [6, 6.07) is 0. The fourth-order valence-electron chi connectivity index (χ4n) is 1.20. The molecule has 0 amide bonds. The first kappa shape index (κ1) is 9.00. The highest BCUT2D eigenvalue weighted by Gasteiger charge is 2.08. The number of rotatable bonds is 3. The predicted octanol–water partition coefficient (Wildman–Crippen LogP) is 0.620. The molecule has 0 aromatic heterocycles. The molecular weight excluding hydrogens is 150 g/mol. The second kappa shape index (κ2) is 4.72. The molecule has 1 aliphatic heterocycles. The molecule has 1 heterocycles. The zero-order valence-corrected chi connectivity index (χ0v) is 7.29. The second-order valence-electron chi connectivity index (χ2n) is 2.73. The lowest BCUT2D eigenvalue weighted by Gasteiger charge is -2.29. The molecule has 0 unspecified atom stereocenters. The van der Waals surface area contributed by atoms with Crippen LogP contribution < -0.4 is 5.32 Å². The third-order valence-electron chi connectivity index (χ3n) is 1.90. The van der Waals surface area contributed by atoms with Crippen LogP contribution in [-0.4, -0.2) is 37.8 Å². The summed E-state index contributed by atoms with van der Waals surface area (Å²) in [7, 11) is 0. The molecule has 0 aromatic carbocycles. The van der Waals surface area contributed by atoms with Crippen LogP contribution in [0.5, 0.6) is 0 Å². The molecule has 66 valence electrons. The normalized spacial score (nSPS) is 18.2. The van der Waals surface area contributed by atoms with Crippen molar-refractivity contribution in [3.05, 3.63) is 24.6 Å². The van der Waals surface area contributed by atoms with E-state index < -0.39 is 0 Å². The van der Waals surface area contributed by atoms with Crippen LogP contribution in [-0.2, 0) is 0 Å². The first-order valence-corrected chi connectivity index (χ1v) is 4.11. The summed E-state index contributed by atoms with van der Waals surface area (Å²) >= 11 is 0. The van der Waals surface area contributed by atoms with Crippen molar-refractivity contribution >= 4 is 6.72 Å². The lowest BCUT2D eigenvalue weighted by molar-refractivity contribution is 0.308. The smallest absolute Gasteiger partial charge is 0.0309 e. The van der Waals surface area contributed by atoms with Crippen LogP contribution in [0.2, 0.25) is 0 Å². The Morgan fingerprint density at radius 2 is 2.08 bits per heavy atom. The van der Waals surface area contributed by atoms with Gasteiger partial charge in [-0.05, 0) is 12.8 Å². The predicted molar refractivity (Wildman–Crippen MR) is 52.3 cm³/mol. The monoisotopic (exact) mass is 165 g/mol. The lowest BCUT2D eigenvalue weighted by Crippen LogP contribution is -2.42. The maximum absolute atomic E-state index is 3.94. The first-order valence-electron chi connectivity index (χ1n) is 4.11. The quantitative estimate of drug-likeness (QED) is 0.490. The fraction of sp³-hybridized carbons (Fsp3) is 0.444. The van der Waals surface area contributed by atoms with E-state index in [2.05, 4.69) is 28.5 Å². The number of nitrogens with one attached hydrogen (secondary N) is 1. The number of aliphatic imine (C=N–C) groups is 1. The molecule has 0 spiro atoms. The van der Waals surface area contributed by atoms with Gasteiger partial charge in [-0.2, -0.15) is 0 Å². The third kappa shape index (κ3) is 2.51. The van der Waals surface area contributed by atoms with Gasteiger partial charge in [-0.25, -0.2) is 0 Å². The van der Waals surface area contributed by atoms with Crippen molar-refractivity contribution in [3.8, 4) is 0 Å². The average Bonchev–Trinajstić information content (AvgIpc) is 2.15. The maximum Gasteiger partial charge on any atom is 0.0309 e. The number of hydrogen-bond acceptors (Lipinski definition) is 3. The Morgan fingerprint density at radius 3 is 2.67 bits per heavy atom. The SMILES string of the molecule is C=N/C=C\C(=C)N1CCNCC1. The van der Waals surface area contributed by atoms with E-state index in [9.17, 15) is 0 Å². The van der Waals surface area contributed by atoms with Gasteiger partial charge in [0.15, 0.2) is 0 Å². The molecular formula is C9H15N3. The van der Waals surface area contributed by atoms with Gasteiger partial charge in [0.1, 0.15) is 0 Å².